The highest BCUT2D eigenvalue weighted by Crippen LogP contribution is 2.65. The van der Waals surface area contributed by atoms with Crippen LogP contribution >= 0.6 is 93.1 Å². The first-order valence-corrected chi connectivity index (χ1v) is 46.1. The smallest absolute Gasteiger partial charge is 0.408 e. The van der Waals surface area contributed by atoms with Crippen molar-refractivity contribution in [3.05, 3.63) is 157 Å². The van der Waals surface area contributed by atoms with E-state index >= 15 is 0 Å². The van der Waals surface area contributed by atoms with Crippen molar-refractivity contribution in [2.45, 2.75) is 151 Å². The third-order valence-electron chi connectivity index (χ3n) is 25.4. The van der Waals surface area contributed by atoms with Crippen molar-refractivity contribution >= 4 is 129 Å². The Morgan fingerprint density at radius 1 is 0.692 bits per heavy atom. The summed E-state index contributed by atoms with van der Waals surface area (Å²) in [5.41, 5.74) is 9.67. The molecule has 5 aromatic carbocycles. The zero-order chi connectivity index (χ0) is 93.8. The first-order chi connectivity index (χ1) is 61.9. The summed E-state index contributed by atoms with van der Waals surface area (Å²) in [7, 11) is 18.0. The van der Waals surface area contributed by atoms with E-state index in [1.54, 1.807) is 28.1 Å². The first kappa shape index (κ1) is 97.1. The van der Waals surface area contributed by atoms with Crippen LogP contribution in [0.4, 0.5) is 9.59 Å². The number of hydrogen-bond acceptors (Lipinski definition) is 32. The minimum Gasteiger partial charge on any atom is -0.493 e. The minimum absolute atomic E-state index is 0.00728. The number of fused-ring (bicyclic) bond motifs is 20. The molecular weight excluding hydrogens is 1850 g/mol. The van der Waals surface area contributed by atoms with E-state index in [1.807, 2.05) is 101 Å². The lowest BCUT2D eigenvalue weighted by molar-refractivity contribution is -0.159. The number of ketones is 1. The van der Waals surface area contributed by atoms with Crippen LogP contribution in [0.1, 0.15) is 111 Å². The van der Waals surface area contributed by atoms with Gasteiger partial charge in [-0.05, 0) is 99.1 Å². The molecule has 698 valence electrons. The molecule has 9 heterocycles. The molecule has 14 atom stereocenters. The SMILES string of the molecule is C=C(N(C)C)N(C)C.COCOc1c(OC)c(C)cc2c1[C@@H]1C3CC4(O)C(=O)C(C)=C5OCOC5=C4[C@H](COC(=O)[C@@H](CSCC4c5ccccc5-c5ccccc54)NC(=O)OCC(Cl)(Cl)Cl)N3[C@@H](C#N)[C@H](C2)N1C.COCOc1c(OC)c(C)cc2c1[C@@H]1C3[C@@H]4SCC(NC(=O)OCC(Cl)(Cl)Cl)C(=O)OC[C@@H](c5c6c(c(C)c(OC(C)=O)c54)OCO6)N3[C@@H](C#N)[C@H](C2)N1C. The number of Topliss-reactive ketones (excluding diaryl/α,β-unsaturated/α-hetero) is 1. The second kappa shape index (κ2) is 39.7. The topological polar surface area (TPSA) is 352 Å². The van der Waals surface area contributed by atoms with Crippen LogP contribution < -0.4 is 43.8 Å². The molecule has 4 unspecified atom stereocenters. The molecule has 6 bridgehead atoms. The summed E-state index contributed by atoms with van der Waals surface area (Å²) in [6.07, 6.45) is -1.24. The molecule has 5 saturated heterocycles. The fourth-order valence-electron chi connectivity index (χ4n) is 20.1. The fraction of sp³-hybridized carbons (Fsp3) is 0.511. The number of nitrogens with one attached hydrogen (secondary N) is 2. The number of amides is 2. The number of piperazine rings is 2. The van der Waals surface area contributed by atoms with Crippen LogP contribution in [0.25, 0.3) is 11.1 Å². The number of hydrogen-bond donors (Lipinski definition) is 3. The number of thioether (sulfide) groups is 2. The molecule has 11 aliphatic rings. The van der Waals surface area contributed by atoms with Gasteiger partial charge in [0, 0.05) is 142 Å². The van der Waals surface area contributed by atoms with Crippen LogP contribution in [-0.2, 0) is 69.9 Å². The van der Waals surface area contributed by atoms with E-state index in [0.29, 0.717) is 69.8 Å². The number of carbonyl (C=O) groups is 6. The van der Waals surface area contributed by atoms with Crippen molar-refractivity contribution in [1.29, 1.82) is 10.5 Å². The first-order valence-electron chi connectivity index (χ1n) is 41.7. The summed E-state index contributed by atoms with van der Waals surface area (Å²) in [6.45, 7) is 9.99. The molecule has 0 aromatic heterocycles. The van der Waals surface area contributed by atoms with Gasteiger partial charge >= 0.3 is 30.1 Å². The maximum atomic E-state index is 14.6. The number of alkyl carbamates (subject to hydrolysis) is 2. The molecule has 32 nitrogen and oxygen atoms in total. The van der Waals surface area contributed by atoms with Gasteiger partial charge in [0.25, 0.3) is 0 Å². The van der Waals surface area contributed by atoms with Gasteiger partial charge in [-0.2, -0.15) is 22.3 Å². The molecule has 0 spiro atoms. The second-order valence-corrected chi connectivity index (χ2v) is 40.7. The molecule has 0 saturated carbocycles. The number of esters is 3. The van der Waals surface area contributed by atoms with E-state index in [1.165, 1.54) is 44.7 Å². The average molecular weight is 1950 g/mol. The fourth-order valence-corrected chi connectivity index (χ4v) is 23.1. The Morgan fingerprint density at radius 3 is 1.78 bits per heavy atom. The van der Waals surface area contributed by atoms with Crippen LogP contribution in [0.5, 0.6) is 40.2 Å². The molecule has 5 aromatic rings. The van der Waals surface area contributed by atoms with Crippen LogP contribution in [-0.4, -0.2) is 280 Å². The average Bonchev–Trinajstić information content (AvgIpc) is 0.988. The number of piperidine rings is 1. The molecule has 2 amide bonds. The Morgan fingerprint density at radius 2 is 1.23 bits per heavy atom. The van der Waals surface area contributed by atoms with Gasteiger partial charge in [-0.25, -0.2) is 19.2 Å². The Labute approximate surface area is 791 Å². The molecule has 130 heavy (non-hydrogen) atoms. The van der Waals surface area contributed by atoms with E-state index in [9.17, 15) is 44.4 Å². The number of halogens is 6. The lowest BCUT2D eigenvalue weighted by atomic mass is 9.65. The maximum absolute atomic E-state index is 14.6. The van der Waals surface area contributed by atoms with Gasteiger partial charge in [0.1, 0.15) is 56.3 Å². The number of ether oxygens (including phenoxy) is 15. The Balaban J connectivity index is 0.000000196. The molecule has 5 fully saturated rings. The third kappa shape index (κ3) is 18.6. The maximum Gasteiger partial charge on any atom is 0.408 e. The Kier molecular flexibility index (Phi) is 29.7. The highest BCUT2D eigenvalue weighted by atomic mass is 35.6. The molecule has 16 rings (SSSR count). The van der Waals surface area contributed by atoms with E-state index in [4.69, 9.17) is 141 Å². The summed E-state index contributed by atoms with van der Waals surface area (Å²) in [6, 6.07) is 16.6. The molecule has 0 radical (unpaired) electrons. The standard InChI is InChI=1S/C48H49Cl3N4O11S.C36H39Cl3N4O11S.C6H14N2/c1-24-14-26-15-33-35(17-52)55-34(39(54(33)3)37(26)42(40(24)61-5)64-22-60-4)16-47(59)38(43-41(65-23-66-43)25(2)44(47)56)36(55)18-62-45(57)32(53-46(58)63-21-48(49,50)51)20-67-19-31-29-12-8-6-10-27(29)28-11-7-9-13-30(28)31;1-15-7-18-8-20-21(9-40)43-22-10-49-34(45)19(41-35(46)50-12-36(37,38)39)11-55-33(25-24(22)32-30(52-14-53-32)16(2)29(25)54-17(3)44)27(43)26(42(20)4)23(18)31(28(15)48-6)51-13-47-5;1-6(7(2)3)8(4)5/h6-14,31-36,39,59H,15-16,18-23H2,1-5H3,(H,53,58);7,19-22,26-27,33H,8,10-14H2,1-6H3,(H,41,46);1H2,2-5H3/t32-,33+,34?,35+,36+,39+,47?;19?,20-,21-,22-,26+,27?,33+;/m10./s1. The van der Waals surface area contributed by atoms with Crippen LogP contribution in [0.2, 0.25) is 0 Å². The van der Waals surface area contributed by atoms with Gasteiger partial charge in [0.2, 0.25) is 21.2 Å². The van der Waals surface area contributed by atoms with Gasteiger partial charge in [0.15, 0.2) is 71.0 Å². The van der Waals surface area contributed by atoms with Crippen molar-refractivity contribution in [2.75, 3.05) is 142 Å². The number of nitriles is 2. The van der Waals surface area contributed by atoms with Crippen LogP contribution in [0.15, 0.2) is 95.7 Å². The number of likely N-dealkylation sites (N-methyl/N-ethyl adjacent to an activating group) is 2. The quantitative estimate of drug-likeness (QED) is 0.0190. The number of carbonyl (C=O) groups excluding carboxylic acids is 6. The summed E-state index contributed by atoms with van der Waals surface area (Å²) in [4.78, 5) is 94.2. The summed E-state index contributed by atoms with van der Waals surface area (Å²) >= 11 is 37.8. The van der Waals surface area contributed by atoms with E-state index in [0.717, 1.165) is 61.5 Å². The monoisotopic (exact) mass is 1950 g/mol. The predicted octanol–water partition coefficient (Wildman–Crippen LogP) is 12.2. The number of methoxy groups -OCH3 is 4. The van der Waals surface area contributed by atoms with Crippen LogP contribution in [0.3, 0.4) is 0 Å². The Hall–Kier alpha value is -8.92. The summed E-state index contributed by atoms with van der Waals surface area (Å²) in [5.74, 6) is 2.26. The number of rotatable bonds is 22. The number of alkyl halides is 6. The third-order valence-corrected chi connectivity index (χ3v) is 28.6. The number of cyclic esters (lactones) is 1. The van der Waals surface area contributed by atoms with Gasteiger partial charge in [-0.3, -0.25) is 29.2 Å². The highest BCUT2D eigenvalue weighted by molar-refractivity contribution is 7.99. The van der Waals surface area contributed by atoms with Crippen molar-refractivity contribution in [1.82, 2.24) is 40.0 Å². The zero-order valence-corrected chi connectivity index (χ0v) is 80.3. The molecular formula is C90H102Cl6N10O22S2. The lowest BCUT2D eigenvalue weighted by Gasteiger charge is -2.62. The highest BCUT2D eigenvalue weighted by Gasteiger charge is 2.66. The van der Waals surface area contributed by atoms with Gasteiger partial charge in [-0.1, -0.05) is 137 Å². The lowest BCUT2D eigenvalue weighted by Crippen LogP contribution is -2.74. The van der Waals surface area contributed by atoms with E-state index < -0.39 is 141 Å². The predicted molar refractivity (Wildman–Crippen MR) is 485 cm³/mol. The van der Waals surface area contributed by atoms with Crippen LogP contribution in [0, 0.1) is 43.4 Å². The number of benzene rings is 5. The van der Waals surface area contributed by atoms with Crippen molar-refractivity contribution in [2.24, 2.45) is 0 Å². The molecule has 40 heteroatoms. The van der Waals surface area contributed by atoms with Gasteiger partial charge < -0.3 is 96.6 Å². The van der Waals surface area contributed by atoms with E-state index in [-0.39, 0.29) is 92.1 Å². The number of nitrogens with zero attached hydrogens (tertiary/aromatic N) is 8. The zero-order valence-electron chi connectivity index (χ0n) is 74.1. The van der Waals surface area contributed by atoms with Crippen molar-refractivity contribution in [3.8, 4) is 63.5 Å². The molecule has 3 N–H and O–H groups in total. The van der Waals surface area contributed by atoms with Crippen molar-refractivity contribution in [3.63, 3.8) is 0 Å². The second-order valence-electron chi connectivity index (χ2n) is 33.5. The normalized spacial score (nSPS) is 25.0. The number of aliphatic hydroxyl groups is 1. The van der Waals surface area contributed by atoms with E-state index in [2.05, 4.69) is 74.4 Å². The largest absolute Gasteiger partial charge is 0.493 e. The summed E-state index contributed by atoms with van der Waals surface area (Å²) < 4.78 is 83.9. The molecule has 2 aliphatic carbocycles. The number of aryl methyl sites for hydroxylation is 2. The summed E-state index contributed by atoms with van der Waals surface area (Å²) in [5, 5.41) is 39.8. The Bertz CT molecular complexity index is 5380. The van der Waals surface area contributed by atoms with Gasteiger partial charge in [-0.15, -0.1) is 11.8 Å². The molecule has 9 aliphatic heterocycles. The van der Waals surface area contributed by atoms with Gasteiger partial charge in [0.05, 0.1) is 61.6 Å². The minimum atomic E-state index is -2.18. The van der Waals surface area contributed by atoms with Crippen molar-refractivity contribution < 1.29 is 105 Å².